The molecule has 0 saturated carbocycles. The molecule has 2 rings (SSSR count). The van der Waals surface area contributed by atoms with E-state index in [1.807, 2.05) is 12.1 Å². The third kappa shape index (κ3) is 3.22. The summed E-state index contributed by atoms with van der Waals surface area (Å²) in [6.45, 7) is 2.09. The summed E-state index contributed by atoms with van der Waals surface area (Å²) in [4.78, 5) is 1.25. The molecule has 3 N–H and O–H groups in total. The minimum absolute atomic E-state index is 0.138. The van der Waals surface area contributed by atoms with E-state index in [9.17, 15) is 0 Å². The van der Waals surface area contributed by atoms with Crippen LogP contribution in [-0.2, 0) is 6.42 Å². The highest BCUT2D eigenvalue weighted by Crippen LogP contribution is 2.33. The summed E-state index contributed by atoms with van der Waals surface area (Å²) in [5.74, 6) is 5.69. The Morgan fingerprint density at radius 3 is 2.61 bits per heavy atom. The molecule has 2 aromatic rings. The molecule has 2 nitrogen and oxygen atoms in total. The third-order valence-corrected chi connectivity index (χ3v) is 5.83. The maximum Gasteiger partial charge on any atom is 0.0731 e. The van der Waals surface area contributed by atoms with E-state index >= 15 is 0 Å². The molecule has 96 valence electrons. The maximum atomic E-state index is 5.69. The van der Waals surface area contributed by atoms with Crippen molar-refractivity contribution in [3.05, 3.63) is 54.6 Å². The molecule has 0 spiro atoms. The predicted octanol–water partition coefficient (Wildman–Crippen LogP) is 4.33. The molecule has 0 fully saturated rings. The minimum Gasteiger partial charge on any atom is -0.271 e. The lowest BCUT2D eigenvalue weighted by Crippen LogP contribution is -2.29. The van der Waals surface area contributed by atoms with E-state index in [0.29, 0.717) is 0 Å². The second kappa shape index (κ2) is 6.30. The molecule has 1 aromatic heterocycles. The number of hydrogen-bond donors (Lipinski definition) is 2. The van der Waals surface area contributed by atoms with E-state index in [4.69, 9.17) is 5.84 Å². The van der Waals surface area contributed by atoms with Gasteiger partial charge in [-0.15, -0.1) is 11.3 Å². The molecule has 0 amide bonds. The molecule has 1 atom stereocenters. The molecule has 1 aromatic carbocycles. The summed E-state index contributed by atoms with van der Waals surface area (Å²) in [7, 11) is 0. The van der Waals surface area contributed by atoms with Crippen molar-refractivity contribution in [3.8, 4) is 0 Å². The summed E-state index contributed by atoms with van der Waals surface area (Å²) in [6.07, 6.45) is 0.865. The van der Waals surface area contributed by atoms with Gasteiger partial charge >= 0.3 is 0 Å². The first-order valence-electron chi connectivity index (χ1n) is 5.57. The summed E-state index contributed by atoms with van der Waals surface area (Å²) in [5, 5.41) is 0. The van der Waals surface area contributed by atoms with Gasteiger partial charge in [-0.25, -0.2) is 0 Å². The molecular weight excluding hydrogens is 376 g/mol. The third-order valence-electron chi connectivity index (χ3n) is 2.80. The molecule has 0 saturated heterocycles. The minimum atomic E-state index is 0.138. The molecule has 0 aliphatic heterocycles. The highest BCUT2D eigenvalue weighted by atomic mass is 79.9. The Morgan fingerprint density at radius 1 is 1.33 bits per heavy atom. The van der Waals surface area contributed by atoms with Crippen molar-refractivity contribution in [2.45, 2.75) is 19.4 Å². The molecular formula is C13H14Br2N2S. The monoisotopic (exact) mass is 388 g/mol. The van der Waals surface area contributed by atoms with E-state index in [2.05, 4.69) is 62.4 Å². The summed E-state index contributed by atoms with van der Waals surface area (Å²) in [6, 6.07) is 10.5. The van der Waals surface area contributed by atoms with Crippen molar-refractivity contribution in [1.82, 2.24) is 5.43 Å². The van der Waals surface area contributed by atoms with Crippen LogP contribution in [0, 0.1) is 6.92 Å². The molecule has 0 aliphatic rings. The molecule has 1 unspecified atom stereocenters. The van der Waals surface area contributed by atoms with Crippen LogP contribution in [0.5, 0.6) is 0 Å². The first-order chi connectivity index (χ1) is 8.61. The Hall–Kier alpha value is -0.200. The Balaban J connectivity index is 2.22. The fourth-order valence-corrected chi connectivity index (χ4v) is 3.86. The summed E-state index contributed by atoms with van der Waals surface area (Å²) >= 11 is 8.86. The zero-order valence-corrected chi connectivity index (χ0v) is 13.9. The fourth-order valence-electron chi connectivity index (χ4n) is 1.78. The van der Waals surface area contributed by atoms with Crippen molar-refractivity contribution < 1.29 is 0 Å². The van der Waals surface area contributed by atoms with Crippen LogP contribution >= 0.6 is 43.2 Å². The molecule has 18 heavy (non-hydrogen) atoms. The highest BCUT2D eigenvalue weighted by molar-refractivity contribution is 9.11. The number of hydrazine groups is 1. The highest BCUT2D eigenvalue weighted by Gasteiger charge is 2.15. The van der Waals surface area contributed by atoms with E-state index in [1.54, 1.807) is 11.3 Å². The van der Waals surface area contributed by atoms with Gasteiger partial charge in [0, 0.05) is 9.35 Å². The van der Waals surface area contributed by atoms with E-state index in [-0.39, 0.29) is 6.04 Å². The molecule has 0 bridgehead atoms. The van der Waals surface area contributed by atoms with Crippen LogP contribution in [0.2, 0.25) is 0 Å². The van der Waals surface area contributed by atoms with Gasteiger partial charge in [-0.05, 0) is 52.5 Å². The van der Waals surface area contributed by atoms with Crippen LogP contribution in [0.15, 0.2) is 38.6 Å². The number of benzene rings is 1. The van der Waals surface area contributed by atoms with Gasteiger partial charge in [0.1, 0.15) is 0 Å². The van der Waals surface area contributed by atoms with Crippen LogP contribution in [0.25, 0.3) is 0 Å². The van der Waals surface area contributed by atoms with E-state index in [0.717, 1.165) is 10.9 Å². The fraction of sp³-hybridized carbons (Fsp3) is 0.231. The number of aryl methyl sites for hydroxylation is 1. The van der Waals surface area contributed by atoms with E-state index < -0.39 is 0 Å². The Kier molecular flexibility index (Phi) is 4.98. The van der Waals surface area contributed by atoms with Gasteiger partial charge < -0.3 is 0 Å². The second-order valence-corrected chi connectivity index (χ2v) is 7.38. The standard InChI is InChI=1S/C13H14Br2N2S/c1-8-6-12(18-13(8)15)11(17-16)7-9-4-2-3-5-10(9)14/h2-6,11,17H,7,16H2,1H3. The summed E-state index contributed by atoms with van der Waals surface area (Å²) in [5.41, 5.74) is 5.41. The Labute approximate surface area is 128 Å². The predicted molar refractivity (Wildman–Crippen MR) is 84.7 cm³/mol. The quantitative estimate of drug-likeness (QED) is 0.603. The molecule has 5 heteroatoms. The lowest BCUT2D eigenvalue weighted by atomic mass is 10.0. The molecule has 0 radical (unpaired) electrons. The van der Waals surface area contributed by atoms with Crippen LogP contribution in [0.1, 0.15) is 22.0 Å². The smallest absolute Gasteiger partial charge is 0.0731 e. The number of halogens is 2. The average Bonchev–Trinajstić information content (AvgIpc) is 2.68. The number of nitrogens with two attached hydrogens (primary N) is 1. The Bertz CT molecular complexity index is 520. The van der Waals surface area contributed by atoms with Gasteiger partial charge in [0.05, 0.1) is 9.83 Å². The van der Waals surface area contributed by atoms with Crippen LogP contribution in [-0.4, -0.2) is 0 Å². The zero-order valence-electron chi connectivity index (χ0n) is 9.91. The number of nitrogens with one attached hydrogen (secondary N) is 1. The number of thiophene rings is 1. The van der Waals surface area contributed by atoms with Gasteiger partial charge in [-0.2, -0.15) is 0 Å². The topological polar surface area (TPSA) is 38.0 Å². The van der Waals surface area contributed by atoms with Crippen molar-refractivity contribution in [2.75, 3.05) is 0 Å². The van der Waals surface area contributed by atoms with Crippen LogP contribution in [0.4, 0.5) is 0 Å². The Morgan fingerprint density at radius 2 is 2.06 bits per heavy atom. The first kappa shape index (κ1) is 14.2. The summed E-state index contributed by atoms with van der Waals surface area (Å²) < 4.78 is 2.29. The van der Waals surface area contributed by atoms with Crippen molar-refractivity contribution >= 4 is 43.2 Å². The number of hydrogen-bond acceptors (Lipinski definition) is 3. The number of rotatable bonds is 4. The van der Waals surface area contributed by atoms with E-state index in [1.165, 1.54) is 19.8 Å². The van der Waals surface area contributed by atoms with Crippen molar-refractivity contribution in [1.29, 1.82) is 0 Å². The average molecular weight is 390 g/mol. The van der Waals surface area contributed by atoms with Crippen molar-refractivity contribution in [3.63, 3.8) is 0 Å². The largest absolute Gasteiger partial charge is 0.271 e. The molecule has 0 aliphatic carbocycles. The van der Waals surface area contributed by atoms with Crippen molar-refractivity contribution in [2.24, 2.45) is 5.84 Å². The lowest BCUT2D eigenvalue weighted by molar-refractivity contribution is 0.559. The van der Waals surface area contributed by atoms with Gasteiger partial charge in [0.15, 0.2) is 0 Å². The van der Waals surface area contributed by atoms with Crippen LogP contribution in [0.3, 0.4) is 0 Å². The van der Waals surface area contributed by atoms with Gasteiger partial charge in [0.2, 0.25) is 0 Å². The maximum absolute atomic E-state index is 5.69. The van der Waals surface area contributed by atoms with Crippen LogP contribution < -0.4 is 11.3 Å². The van der Waals surface area contributed by atoms with Gasteiger partial charge in [0.25, 0.3) is 0 Å². The van der Waals surface area contributed by atoms with Gasteiger partial charge in [-0.1, -0.05) is 34.1 Å². The lowest BCUT2D eigenvalue weighted by Gasteiger charge is -2.15. The van der Waals surface area contributed by atoms with Gasteiger partial charge in [-0.3, -0.25) is 11.3 Å². The zero-order chi connectivity index (χ0) is 13.1. The second-order valence-electron chi connectivity index (χ2n) is 4.12. The normalized spacial score (nSPS) is 12.7. The molecule has 1 heterocycles. The SMILES string of the molecule is Cc1cc(C(Cc2ccccc2Br)NN)sc1Br. The first-order valence-corrected chi connectivity index (χ1v) is 7.97.